The Morgan fingerprint density at radius 2 is 2.10 bits per heavy atom. The number of H-pyrrole nitrogens is 1. The third kappa shape index (κ3) is 3.29. The first-order valence-corrected chi connectivity index (χ1v) is 10.3. The molecule has 154 valence electrons. The van der Waals surface area contributed by atoms with Crippen LogP contribution in [0.5, 0.6) is 0 Å². The van der Waals surface area contributed by atoms with E-state index in [9.17, 15) is 4.79 Å². The normalized spacial score (nSPS) is 19.3. The highest BCUT2D eigenvalue weighted by molar-refractivity contribution is 5.99. The second-order valence-corrected chi connectivity index (χ2v) is 8.01. The summed E-state index contributed by atoms with van der Waals surface area (Å²) in [5.41, 5.74) is 8.03. The predicted molar refractivity (Wildman–Crippen MR) is 120 cm³/mol. The maximum atomic E-state index is 12.6. The van der Waals surface area contributed by atoms with Crippen molar-refractivity contribution < 1.29 is 0 Å². The molecule has 1 unspecified atom stereocenters. The van der Waals surface area contributed by atoms with Crippen molar-refractivity contribution in [3.63, 3.8) is 0 Å². The quantitative estimate of drug-likeness (QED) is 0.416. The topological polar surface area (TPSA) is 114 Å². The molecule has 1 aliphatic rings. The lowest BCUT2D eigenvalue weighted by Gasteiger charge is -2.30. The second-order valence-electron chi connectivity index (χ2n) is 8.01. The van der Waals surface area contributed by atoms with E-state index in [2.05, 4.69) is 37.5 Å². The van der Waals surface area contributed by atoms with Gasteiger partial charge in [-0.05, 0) is 37.1 Å². The number of nitrogens with one attached hydrogen (secondary N) is 3. The van der Waals surface area contributed by atoms with Crippen molar-refractivity contribution in [3.8, 4) is 0 Å². The van der Waals surface area contributed by atoms with Crippen molar-refractivity contribution >= 4 is 39.0 Å². The summed E-state index contributed by atoms with van der Waals surface area (Å²) in [6, 6.07) is 10.2. The summed E-state index contributed by atoms with van der Waals surface area (Å²) in [5.74, 6) is 1.19. The van der Waals surface area contributed by atoms with Crippen LogP contribution in [0.25, 0.3) is 21.7 Å². The molecule has 1 aromatic carbocycles. The van der Waals surface area contributed by atoms with Gasteiger partial charge in [-0.3, -0.25) is 4.79 Å². The van der Waals surface area contributed by atoms with E-state index in [1.54, 1.807) is 6.20 Å². The van der Waals surface area contributed by atoms with Crippen LogP contribution in [0.3, 0.4) is 0 Å². The summed E-state index contributed by atoms with van der Waals surface area (Å²) in [7, 11) is 2.01. The minimum Gasteiger partial charge on any atom is -0.366 e. The fourth-order valence-corrected chi connectivity index (χ4v) is 4.35. The van der Waals surface area contributed by atoms with Gasteiger partial charge in [-0.1, -0.05) is 18.9 Å². The van der Waals surface area contributed by atoms with E-state index < -0.39 is 0 Å². The van der Waals surface area contributed by atoms with E-state index in [-0.39, 0.29) is 17.6 Å². The number of benzene rings is 1. The molecule has 2 atom stereocenters. The molecular formula is C22H25N7O. The average Bonchev–Trinajstić information content (AvgIpc) is 3.12. The van der Waals surface area contributed by atoms with E-state index in [1.165, 1.54) is 0 Å². The lowest BCUT2D eigenvalue weighted by atomic mass is 9.91. The number of hydrogen-bond acceptors (Lipinski definition) is 6. The highest BCUT2D eigenvalue weighted by Gasteiger charge is 2.22. The molecule has 5 rings (SSSR count). The van der Waals surface area contributed by atoms with Gasteiger partial charge in [0.25, 0.3) is 5.56 Å². The lowest BCUT2D eigenvalue weighted by Crippen LogP contribution is -2.42. The Morgan fingerprint density at radius 1 is 1.23 bits per heavy atom. The zero-order chi connectivity index (χ0) is 20.7. The van der Waals surface area contributed by atoms with Crippen LogP contribution in [-0.4, -0.2) is 31.8 Å². The van der Waals surface area contributed by atoms with Crippen LogP contribution in [0, 0.1) is 0 Å². The van der Waals surface area contributed by atoms with Gasteiger partial charge in [0.1, 0.15) is 11.6 Å². The minimum absolute atomic E-state index is 0.100. The number of aromatic nitrogens is 4. The molecular weight excluding hydrogens is 378 g/mol. The zero-order valence-electron chi connectivity index (χ0n) is 16.9. The van der Waals surface area contributed by atoms with Crippen LogP contribution in [0.15, 0.2) is 47.5 Å². The number of rotatable bonds is 4. The standard InChI is InChI=1S/C22H25N7O/c1-29-10-9-14-16(7-4-8-18(14)29)26-21-20-13(12-24-28-22(20)30)11-19(27-21)25-17-6-3-2-5-15(17)23/h4,7-12,15,17H,2-3,5-6,23H2,1H3,(H,28,30)(H2,25,26,27)/t15?,17-/m1/s1. The number of pyridine rings is 1. The number of nitrogens with zero attached hydrogens (tertiary/aromatic N) is 3. The molecule has 4 aromatic rings. The van der Waals surface area contributed by atoms with Gasteiger partial charge >= 0.3 is 0 Å². The first kappa shape index (κ1) is 18.6. The summed E-state index contributed by atoms with van der Waals surface area (Å²) in [4.78, 5) is 17.3. The molecule has 0 amide bonds. The van der Waals surface area contributed by atoms with E-state index in [1.807, 2.05) is 31.4 Å². The first-order chi connectivity index (χ1) is 14.6. The van der Waals surface area contributed by atoms with Crippen LogP contribution in [0.4, 0.5) is 17.3 Å². The van der Waals surface area contributed by atoms with Gasteiger partial charge < -0.3 is 20.9 Å². The molecule has 1 aliphatic carbocycles. The summed E-state index contributed by atoms with van der Waals surface area (Å²) < 4.78 is 2.06. The number of nitrogens with two attached hydrogens (primary N) is 1. The summed E-state index contributed by atoms with van der Waals surface area (Å²) >= 11 is 0. The maximum absolute atomic E-state index is 12.6. The molecule has 0 radical (unpaired) electrons. The smallest absolute Gasteiger partial charge is 0.275 e. The number of aromatic amines is 1. The van der Waals surface area contributed by atoms with Crippen molar-refractivity contribution in [3.05, 3.63) is 53.1 Å². The minimum atomic E-state index is -0.274. The van der Waals surface area contributed by atoms with E-state index in [0.717, 1.165) is 47.7 Å². The fourth-order valence-electron chi connectivity index (χ4n) is 4.35. The molecule has 8 nitrogen and oxygen atoms in total. The monoisotopic (exact) mass is 403 g/mol. The highest BCUT2D eigenvalue weighted by Crippen LogP contribution is 2.30. The molecule has 0 spiro atoms. The van der Waals surface area contributed by atoms with Gasteiger partial charge in [-0.15, -0.1) is 0 Å². The molecule has 1 fully saturated rings. The van der Waals surface area contributed by atoms with Crippen molar-refractivity contribution in [1.82, 2.24) is 19.7 Å². The molecule has 0 bridgehead atoms. The van der Waals surface area contributed by atoms with Crippen molar-refractivity contribution in [2.24, 2.45) is 12.8 Å². The molecule has 1 saturated carbocycles. The van der Waals surface area contributed by atoms with E-state index in [0.29, 0.717) is 17.0 Å². The molecule has 3 aromatic heterocycles. The summed E-state index contributed by atoms with van der Waals surface area (Å²) in [6.07, 6.45) is 8.01. The zero-order valence-corrected chi connectivity index (χ0v) is 16.9. The largest absolute Gasteiger partial charge is 0.366 e. The number of aryl methyl sites for hydroxylation is 1. The Morgan fingerprint density at radius 3 is 2.97 bits per heavy atom. The van der Waals surface area contributed by atoms with Crippen molar-refractivity contribution in [2.75, 3.05) is 10.6 Å². The average molecular weight is 403 g/mol. The van der Waals surface area contributed by atoms with Gasteiger partial charge in [0.05, 0.1) is 11.6 Å². The molecule has 8 heteroatoms. The number of anilines is 3. The summed E-state index contributed by atoms with van der Waals surface area (Å²) in [5, 5.41) is 15.6. The van der Waals surface area contributed by atoms with Crippen LogP contribution < -0.4 is 21.9 Å². The van der Waals surface area contributed by atoms with Crippen LogP contribution in [-0.2, 0) is 7.05 Å². The highest BCUT2D eigenvalue weighted by atomic mass is 16.1. The maximum Gasteiger partial charge on any atom is 0.275 e. The number of fused-ring (bicyclic) bond motifs is 2. The summed E-state index contributed by atoms with van der Waals surface area (Å²) in [6.45, 7) is 0. The Balaban J connectivity index is 1.59. The van der Waals surface area contributed by atoms with Crippen LogP contribution in [0.2, 0.25) is 0 Å². The number of hydrogen-bond donors (Lipinski definition) is 4. The SMILES string of the molecule is Cn1ccc2c(Nc3nc(N[C@@H]4CCCCC4N)cc4cn[nH]c(=O)c34)cccc21. The van der Waals surface area contributed by atoms with E-state index >= 15 is 0 Å². The van der Waals surface area contributed by atoms with Crippen molar-refractivity contribution in [2.45, 2.75) is 37.8 Å². The molecule has 0 aliphatic heterocycles. The van der Waals surface area contributed by atoms with Crippen LogP contribution in [0.1, 0.15) is 25.7 Å². The Labute approximate surface area is 173 Å². The Kier molecular flexibility index (Phi) is 4.63. The first-order valence-electron chi connectivity index (χ1n) is 10.3. The van der Waals surface area contributed by atoms with Gasteiger partial charge in [-0.25, -0.2) is 10.1 Å². The Hall–Kier alpha value is -3.39. The predicted octanol–water partition coefficient (Wildman–Crippen LogP) is 3.24. The fraction of sp³-hybridized carbons (Fsp3) is 0.318. The van der Waals surface area contributed by atoms with Crippen molar-refractivity contribution in [1.29, 1.82) is 0 Å². The van der Waals surface area contributed by atoms with Gasteiger partial charge in [0.15, 0.2) is 0 Å². The van der Waals surface area contributed by atoms with Gasteiger partial charge in [0, 0.05) is 47.3 Å². The molecule has 0 saturated heterocycles. The molecule has 5 N–H and O–H groups in total. The molecule has 30 heavy (non-hydrogen) atoms. The third-order valence-electron chi connectivity index (χ3n) is 5.98. The third-order valence-corrected chi connectivity index (χ3v) is 5.98. The van der Waals surface area contributed by atoms with E-state index in [4.69, 9.17) is 10.7 Å². The van der Waals surface area contributed by atoms with Crippen LogP contribution >= 0.6 is 0 Å². The van der Waals surface area contributed by atoms with Gasteiger partial charge in [0.2, 0.25) is 0 Å². The second kappa shape index (κ2) is 7.46. The van der Waals surface area contributed by atoms with Gasteiger partial charge in [-0.2, -0.15) is 5.10 Å². The molecule has 3 heterocycles. The lowest BCUT2D eigenvalue weighted by molar-refractivity contribution is 0.403. The Bertz CT molecular complexity index is 1280.